The first-order valence-electron chi connectivity index (χ1n) is 5.50. The minimum Gasteiger partial charge on any atom is -0.319 e. The predicted octanol–water partition coefficient (Wildman–Crippen LogP) is 4.29. The van der Waals surface area contributed by atoms with Gasteiger partial charge in [-0.25, -0.2) is 8.78 Å². The average molecular weight is 326 g/mol. The van der Waals surface area contributed by atoms with Crippen molar-refractivity contribution in [3.63, 3.8) is 0 Å². The first kappa shape index (κ1) is 13.7. The van der Waals surface area contributed by atoms with Crippen LogP contribution in [-0.2, 0) is 0 Å². The van der Waals surface area contributed by atoms with Crippen LogP contribution in [0.2, 0.25) is 0 Å². The highest BCUT2D eigenvalue weighted by atomic mass is 79.9. The summed E-state index contributed by atoms with van der Waals surface area (Å²) in [6, 6.07) is 8.33. The molecular weight excluding hydrogens is 316 g/mol. The van der Waals surface area contributed by atoms with Gasteiger partial charge in [0.15, 0.2) is 0 Å². The number of hydrogen-bond donors (Lipinski definition) is 1. The lowest BCUT2D eigenvalue weighted by molar-refractivity contribution is 0.102. The lowest BCUT2D eigenvalue weighted by atomic mass is 10.1. The normalized spacial score (nSPS) is 10.3. The summed E-state index contributed by atoms with van der Waals surface area (Å²) in [7, 11) is 0. The molecule has 2 nitrogen and oxygen atoms in total. The van der Waals surface area contributed by atoms with E-state index >= 15 is 0 Å². The molecule has 0 radical (unpaired) electrons. The predicted molar refractivity (Wildman–Crippen MR) is 73.2 cm³/mol. The van der Waals surface area contributed by atoms with Crippen LogP contribution in [0, 0.1) is 18.6 Å². The summed E-state index contributed by atoms with van der Waals surface area (Å²) >= 11 is 3.18. The second kappa shape index (κ2) is 5.48. The minimum atomic E-state index is -0.682. The molecule has 0 spiro atoms. The molecule has 2 rings (SSSR count). The van der Waals surface area contributed by atoms with Gasteiger partial charge in [0.1, 0.15) is 11.6 Å². The van der Waals surface area contributed by atoms with Crippen LogP contribution in [0.4, 0.5) is 14.5 Å². The third-order valence-corrected chi connectivity index (χ3v) is 3.04. The summed E-state index contributed by atoms with van der Waals surface area (Å²) in [6.07, 6.45) is 0. The minimum absolute atomic E-state index is 0.000260. The Morgan fingerprint density at radius 2 is 1.79 bits per heavy atom. The van der Waals surface area contributed by atoms with Gasteiger partial charge in [0.25, 0.3) is 5.91 Å². The summed E-state index contributed by atoms with van der Waals surface area (Å²) < 4.78 is 27.7. The van der Waals surface area contributed by atoms with E-state index in [0.29, 0.717) is 4.47 Å². The number of rotatable bonds is 2. The van der Waals surface area contributed by atoms with Gasteiger partial charge in [-0.05, 0) is 37.3 Å². The van der Waals surface area contributed by atoms with Crippen molar-refractivity contribution in [2.75, 3.05) is 5.32 Å². The number of nitrogens with one attached hydrogen (secondary N) is 1. The summed E-state index contributed by atoms with van der Waals surface area (Å²) in [6.45, 7) is 1.75. The molecule has 2 aromatic rings. The zero-order chi connectivity index (χ0) is 14.0. The van der Waals surface area contributed by atoms with Gasteiger partial charge >= 0.3 is 0 Å². The summed E-state index contributed by atoms with van der Waals surface area (Å²) in [5, 5.41) is 2.35. The maximum Gasteiger partial charge on any atom is 0.258 e. The van der Waals surface area contributed by atoms with Gasteiger partial charge in [-0.15, -0.1) is 0 Å². The molecule has 19 heavy (non-hydrogen) atoms. The lowest BCUT2D eigenvalue weighted by Crippen LogP contribution is -2.15. The molecule has 0 saturated heterocycles. The molecule has 0 aliphatic heterocycles. The van der Waals surface area contributed by atoms with Crippen molar-refractivity contribution in [3.05, 3.63) is 63.6 Å². The van der Waals surface area contributed by atoms with Crippen LogP contribution in [0.25, 0.3) is 0 Å². The number of carbonyl (C=O) groups is 1. The van der Waals surface area contributed by atoms with Crippen LogP contribution in [-0.4, -0.2) is 5.91 Å². The van der Waals surface area contributed by atoms with Crippen LogP contribution >= 0.6 is 15.9 Å². The van der Waals surface area contributed by atoms with E-state index in [-0.39, 0.29) is 11.3 Å². The molecule has 0 heterocycles. The molecule has 0 atom stereocenters. The highest BCUT2D eigenvalue weighted by Crippen LogP contribution is 2.21. The fraction of sp³-hybridized carbons (Fsp3) is 0.0714. The van der Waals surface area contributed by atoms with Crippen molar-refractivity contribution in [2.24, 2.45) is 0 Å². The average Bonchev–Trinajstić information content (AvgIpc) is 2.36. The molecule has 0 aliphatic rings. The van der Waals surface area contributed by atoms with Gasteiger partial charge in [0.05, 0.1) is 11.3 Å². The van der Waals surface area contributed by atoms with Crippen molar-refractivity contribution in [3.8, 4) is 0 Å². The summed E-state index contributed by atoms with van der Waals surface area (Å²) in [5.41, 5.74) is 0.640. The second-order valence-electron chi connectivity index (χ2n) is 4.06. The maximum absolute atomic E-state index is 13.5. The number of benzene rings is 2. The number of amides is 1. The Morgan fingerprint density at radius 3 is 2.53 bits per heavy atom. The number of hydrogen-bond acceptors (Lipinski definition) is 1. The molecule has 0 aliphatic carbocycles. The van der Waals surface area contributed by atoms with E-state index in [2.05, 4.69) is 21.2 Å². The first-order valence-corrected chi connectivity index (χ1v) is 6.29. The highest BCUT2D eigenvalue weighted by molar-refractivity contribution is 9.10. The van der Waals surface area contributed by atoms with E-state index in [0.717, 1.165) is 5.56 Å². The quantitative estimate of drug-likeness (QED) is 0.876. The SMILES string of the molecule is Cc1ccc(F)c(C(=O)Nc2cc(Br)ccc2F)c1. The molecule has 1 amide bonds. The molecular formula is C14H10BrF2NO. The van der Waals surface area contributed by atoms with Crippen molar-refractivity contribution in [1.29, 1.82) is 0 Å². The van der Waals surface area contributed by atoms with Crippen LogP contribution in [0.3, 0.4) is 0 Å². The Kier molecular flexibility index (Phi) is 3.95. The molecule has 2 aromatic carbocycles. The van der Waals surface area contributed by atoms with E-state index in [1.54, 1.807) is 13.0 Å². The Labute approximate surface area is 117 Å². The summed E-state index contributed by atoms with van der Waals surface area (Å²) in [4.78, 5) is 11.9. The van der Waals surface area contributed by atoms with E-state index < -0.39 is 17.5 Å². The number of carbonyl (C=O) groups excluding carboxylic acids is 1. The molecule has 5 heteroatoms. The van der Waals surface area contributed by atoms with E-state index in [1.165, 1.54) is 30.3 Å². The molecule has 98 valence electrons. The molecule has 0 saturated carbocycles. The third kappa shape index (κ3) is 3.17. The van der Waals surface area contributed by atoms with Gasteiger partial charge < -0.3 is 5.32 Å². The van der Waals surface area contributed by atoms with Gasteiger partial charge in [0.2, 0.25) is 0 Å². The van der Waals surface area contributed by atoms with Crippen molar-refractivity contribution in [2.45, 2.75) is 6.92 Å². The number of halogens is 3. The molecule has 0 aromatic heterocycles. The zero-order valence-corrected chi connectivity index (χ0v) is 11.6. The lowest BCUT2D eigenvalue weighted by Gasteiger charge is -2.08. The first-order chi connectivity index (χ1) is 8.97. The molecule has 0 fully saturated rings. The van der Waals surface area contributed by atoms with Crippen molar-refractivity contribution >= 4 is 27.5 Å². The van der Waals surface area contributed by atoms with Crippen molar-refractivity contribution in [1.82, 2.24) is 0 Å². The fourth-order valence-corrected chi connectivity index (χ4v) is 1.96. The van der Waals surface area contributed by atoms with Crippen LogP contribution < -0.4 is 5.32 Å². The topological polar surface area (TPSA) is 29.1 Å². The second-order valence-corrected chi connectivity index (χ2v) is 4.98. The van der Waals surface area contributed by atoms with Crippen LogP contribution in [0.5, 0.6) is 0 Å². The van der Waals surface area contributed by atoms with Gasteiger partial charge in [0, 0.05) is 4.47 Å². The zero-order valence-electron chi connectivity index (χ0n) is 10.0. The van der Waals surface area contributed by atoms with Crippen LogP contribution in [0.15, 0.2) is 40.9 Å². The smallest absolute Gasteiger partial charge is 0.258 e. The third-order valence-electron chi connectivity index (χ3n) is 2.54. The Morgan fingerprint density at radius 1 is 1.11 bits per heavy atom. The van der Waals surface area contributed by atoms with E-state index in [1.807, 2.05) is 0 Å². The molecule has 1 N–H and O–H groups in total. The standard InChI is InChI=1S/C14H10BrF2NO/c1-8-2-4-11(16)10(6-8)14(19)18-13-7-9(15)3-5-12(13)17/h2-7H,1H3,(H,18,19). The maximum atomic E-state index is 13.5. The van der Waals surface area contributed by atoms with Gasteiger partial charge in [-0.1, -0.05) is 27.6 Å². The van der Waals surface area contributed by atoms with Gasteiger partial charge in [-0.2, -0.15) is 0 Å². The largest absolute Gasteiger partial charge is 0.319 e. The Hall–Kier alpha value is -1.75. The van der Waals surface area contributed by atoms with E-state index in [9.17, 15) is 13.6 Å². The number of anilines is 1. The molecule has 0 bridgehead atoms. The number of aryl methyl sites for hydroxylation is 1. The highest BCUT2D eigenvalue weighted by Gasteiger charge is 2.14. The van der Waals surface area contributed by atoms with Crippen molar-refractivity contribution < 1.29 is 13.6 Å². The Balaban J connectivity index is 2.30. The van der Waals surface area contributed by atoms with Crippen LogP contribution in [0.1, 0.15) is 15.9 Å². The van der Waals surface area contributed by atoms with E-state index in [4.69, 9.17) is 0 Å². The fourth-order valence-electron chi connectivity index (χ4n) is 1.60. The van der Waals surface area contributed by atoms with Gasteiger partial charge in [-0.3, -0.25) is 4.79 Å². The Bertz CT molecular complexity index is 643. The summed E-state index contributed by atoms with van der Waals surface area (Å²) in [5.74, 6) is -1.90. The monoisotopic (exact) mass is 325 g/mol. The molecule has 0 unspecified atom stereocenters.